The summed E-state index contributed by atoms with van der Waals surface area (Å²) in [5, 5.41) is 11.7. The summed E-state index contributed by atoms with van der Waals surface area (Å²) in [4.78, 5) is 22.6. The van der Waals surface area contributed by atoms with E-state index < -0.39 is 5.97 Å². The van der Waals surface area contributed by atoms with E-state index in [0.717, 1.165) is 0 Å². The van der Waals surface area contributed by atoms with Gasteiger partial charge in [0.1, 0.15) is 0 Å². The summed E-state index contributed by atoms with van der Waals surface area (Å²) in [5.41, 5.74) is 5.19. The molecule has 7 heteroatoms. The zero-order valence-corrected chi connectivity index (χ0v) is 10.9. The first-order valence-electron chi connectivity index (χ1n) is 5.18. The number of hydrogen-bond acceptors (Lipinski definition) is 3. The van der Waals surface area contributed by atoms with Gasteiger partial charge in [-0.1, -0.05) is 23.2 Å². The van der Waals surface area contributed by atoms with Crippen molar-refractivity contribution < 1.29 is 14.7 Å². The summed E-state index contributed by atoms with van der Waals surface area (Å²) in [5.74, 6) is -1.55. The van der Waals surface area contributed by atoms with Gasteiger partial charge in [-0.3, -0.25) is 4.79 Å². The minimum absolute atomic E-state index is 0.0515. The minimum atomic E-state index is -1.21. The smallest absolute Gasteiger partial charge is 0.337 e. The van der Waals surface area contributed by atoms with Crippen molar-refractivity contribution in [2.24, 2.45) is 5.73 Å². The summed E-state index contributed by atoms with van der Waals surface area (Å²) in [6, 6.07) is 2.60. The fourth-order valence-electron chi connectivity index (χ4n) is 1.33. The first-order chi connectivity index (χ1) is 8.45. The molecule has 0 heterocycles. The number of carboxylic acid groups (broad SMARTS) is 1. The van der Waals surface area contributed by atoms with Crippen LogP contribution in [0.3, 0.4) is 0 Å². The minimum Gasteiger partial charge on any atom is -0.478 e. The monoisotopic (exact) mass is 290 g/mol. The van der Waals surface area contributed by atoms with Crippen LogP contribution in [0.5, 0.6) is 0 Å². The van der Waals surface area contributed by atoms with Gasteiger partial charge in [0, 0.05) is 11.4 Å². The van der Waals surface area contributed by atoms with Crippen LogP contribution in [-0.2, 0) is 4.79 Å². The highest BCUT2D eigenvalue weighted by Crippen LogP contribution is 2.30. The predicted molar refractivity (Wildman–Crippen MR) is 70.3 cm³/mol. The quantitative estimate of drug-likeness (QED) is 0.776. The van der Waals surface area contributed by atoms with E-state index in [4.69, 9.17) is 34.0 Å². The van der Waals surface area contributed by atoms with Crippen LogP contribution in [0.25, 0.3) is 0 Å². The molecule has 5 nitrogen and oxygen atoms in total. The molecule has 0 aliphatic rings. The van der Waals surface area contributed by atoms with Crippen molar-refractivity contribution in [1.82, 2.24) is 0 Å². The molecule has 0 bridgehead atoms. The molecule has 1 amide bonds. The third kappa shape index (κ3) is 3.87. The standard InChI is InChI=1S/C11H12Cl2N2O3/c12-6-4-7(11(17)18)10(8(13)5-6)15-9(16)2-1-3-14/h4-5H,1-3,14H2,(H,15,16)(H,17,18). The lowest BCUT2D eigenvalue weighted by Crippen LogP contribution is -2.16. The maximum Gasteiger partial charge on any atom is 0.337 e. The van der Waals surface area contributed by atoms with E-state index >= 15 is 0 Å². The fraction of sp³-hybridized carbons (Fsp3) is 0.273. The molecule has 0 saturated heterocycles. The molecule has 18 heavy (non-hydrogen) atoms. The second-order valence-electron chi connectivity index (χ2n) is 3.56. The SMILES string of the molecule is NCCCC(=O)Nc1c(Cl)cc(Cl)cc1C(=O)O. The average Bonchev–Trinajstić information content (AvgIpc) is 2.29. The Bertz CT molecular complexity index is 478. The van der Waals surface area contributed by atoms with E-state index in [1.807, 2.05) is 0 Å². The van der Waals surface area contributed by atoms with Crippen molar-refractivity contribution in [2.75, 3.05) is 11.9 Å². The highest BCUT2D eigenvalue weighted by atomic mass is 35.5. The van der Waals surface area contributed by atoms with Crippen molar-refractivity contribution in [2.45, 2.75) is 12.8 Å². The second-order valence-corrected chi connectivity index (χ2v) is 4.40. The summed E-state index contributed by atoms with van der Waals surface area (Å²) in [7, 11) is 0. The molecule has 1 aromatic rings. The van der Waals surface area contributed by atoms with Crippen LogP contribution in [0, 0.1) is 0 Å². The first kappa shape index (κ1) is 14.8. The summed E-state index contributed by atoms with van der Waals surface area (Å²) in [6.07, 6.45) is 0.716. The number of carbonyl (C=O) groups is 2. The van der Waals surface area contributed by atoms with Crippen molar-refractivity contribution in [1.29, 1.82) is 0 Å². The molecule has 0 aliphatic heterocycles. The Morgan fingerprint density at radius 2 is 2.00 bits per heavy atom. The van der Waals surface area contributed by atoms with Crippen molar-refractivity contribution >= 4 is 40.8 Å². The summed E-state index contributed by atoms with van der Waals surface area (Å²) >= 11 is 11.6. The highest BCUT2D eigenvalue weighted by Gasteiger charge is 2.16. The lowest BCUT2D eigenvalue weighted by atomic mass is 10.1. The van der Waals surface area contributed by atoms with Gasteiger partial charge >= 0.3 is 5.97 Å². The topological polar surface area (TPSA) is 92.4 Å². The van der Waals surface area contributed by atoms with Gasteiger partial charge in [0.05, 0.1) is 16.3 Å². The Morgan fingerprint density at radius 3 is 2.56 bits per heavy atom. The highest BCUT2D eigenvalue weighted by molar-refractivity contribution is 6.37. The van der Waals surface area contributed by atoms with E-state index in [-0.39, 0.29) is 33.6 Å². The molecule has 98 valence electrons. The van der Waals surface area contributed by atoms with Crippen LogP contribution in [0.4, 0.5) is 5.69 Å². The maximum absolute atomic E-state index is 11.5. The maximum atomic E-state index is 11.5. The number of amides is 1. The van der Waals surface area contributed by atoms with Gasteiger partial charge in [-0.15, -0.1) is 0 Å². The molecular weight excluding hydrogens is 279 g/mol. The number of anilines is 1. The number of aromatic carboxylic acids is 1. The number of rotatable bonds is 5. The average molecular weight is 291 g/mol. The molecule has 0 radical (unpaired) electrons. The van der Waals surface area contributed by atoms with Gasteiger partial charge in [-0.2, -0.15) is 0 Å². The Kier molecular flexibility index (Phi) is 5.40. The lowest BCUT2D eigenvalue weighted by molar-refractivity contribution is -0.116. The van der Waals surface area contributed by atoms with E-state index in [1.165, 1.54) is 12.1 Å². The number of hydrogen-bond donors (Lipinski definition) is 3. The lowest BCUT2D eigenvalue weighted by Gasteiger charge is -2.10. The molecule has 0 aromatic heterocycles. The van der Waals surface area contributed by atoms with E-state index in [1.54, 1.807) is 0 Å². The van der Waals surface area contributed by atoms with E-state index in [9.17, 15) is 9.59 Å². The Hall–Kier alpha value is -1.30. The molecule has 0 spiro atoms. The number of carbonyl (C=O) groups excluding carboxylic acids is 1. The number of carboxylic acids is 1. The number of nitrogens with two attached hydrogens (primary N) is 1. The fourth-order valence-corrected chi connectivity index (χ4v) is 1.87. The predicted octanol–water partition coefficient (Wildman–Crippen LogP) is 2.37. The summed E-state index contributed by atoms with van der Waals surface area (Å²) < 4.78 is 0. The number of nitrogens with one attached hydrogen (secondary N) is 1. The molecular formula is C11H12Cl2N2O3. The second kappa shape index (κ2) is 6.58. The van der Waals surface area contributed by atoms with Crippen molar-refractivity contribution in [3.05, 3.63) is 27.7 Å². The zero-order valence-electron chi connectivity index (χ0n) is 9.37. The molecule has 0 fully saturated rings. The molecule has 4 N–H and O–H groups in total. The van der Waals surface area contributed by atoms with Gasteiger partial charge in [-0.05, 0) is 25.1 Å². The Labute approximate surface area is 114 Å². The largest absolute Gasteiger partial charge is 0.478 e. The van der Waals surface area contributed by atoms with Crippen LogP contribution in [0.1, 0.15) is 23.2 Å². The van der Waals surface area contributed by atoms with Crippen LogP contribution in [0.15, 0.2) is 12.1 Å². The normalized spacial score (nSPS) is 10.2. The Balaban J connectivity index is 3.00. The third-order valence-corrected chi connectivity index (χ3v) is 2.67. The van der Waals surface area contributed by atoms with Crippen LogP contribution in [0.2, 0.25) is 10.0 Å². The number of halogens is 2. The zero-order chi connectivity index (χ0) is 13.7. The van der Waals surface area contributed by atoms with E-state index in [0.29, 0.717) is 13.0 Å². The van der Waals surface area contributed by atoms with Crippen molar-refractivity contribution in [3.8, 4) is 0 Å². The van der Waals surface area contributed by atoms with Gasteiger partial charge < -0.3 is 16.2 Å². The Morgan fingerprint density at radius 1 is 1.33 bits per heavy atom. The van der Waals surface area contributed by atoms with Crippen LogP contribution >= 0.6 is 23.2 Å². The van der Waals surface area contributed by atoms with Crippen LogP contribution < -0.4 is 11.1 Å². The third-order valence-electron chi connectivity index (χ3n) is 2.16. The van der Waals surface area contributed by atoms with Gasteiger partial charge in [0.25, 0.3) is 0 Å². The molecule has 0 atom stereocenters. The summed E-state index contributed by atoms with van der Waals surface area (Å²) in [6.45, 7) is 0.382. The molecule has 0 saturated carbocycles. The molecule has 0 aliphatic carbocycles. The number of benzene rings is 1. The van der Waals surface area contributed by atoms with Crippen LogP contribution in [-0.4, -0.2) is 23.5 Å². The molecule has 1 aromatic carbocycles. The molecule has 0 unspecified atom stereocenters. The van der Waals surface area contributed by atoms with Gasteiger partial charge in [-0.25, -0.2) is 4.79 Å². The van der Waals surface area contributed by atoms with Gasteiger partial charge in [0.15, 0.2) is 0 Å². The van der Waals surface area contributed by atoms with Gasteiger partial charge in [0.2, 0.25) is 5.91 Å². The molecule has 1 rings (SSSR count). The van der Waals surface area contributed by atoms with E-state index in [2.05, 4.69) is 5.32 Å². The first-order valence-corrected chi connectivity index (χ1v) is 5.93. The van der Waals surface area contributed by atoms with Crippen molar-refractivity contribution in [3.63, 3.8) is 0 Å².